The van der Waals surface area contributed by atoms with Gasteiger partial charge in [0.25, 0.3) is 0 Å². The largest absolute Gasteiger partial charge is 0.396 e. The molecule has 1 aromatic carbocycles. The molecule has 0 saturated carbocycles. The van der Waals surface area contributed by atoms with Gasteiger partial charge in [0.05, 0.1) is 6.61 Å². The van der Waals surface area contributed by atoms with Gasteiger partial charge in [-0.25, -0.2) is 4.39 Å². The molecule has 0 aliphatic carbocycles. The zero-order chi connectivity index (χ0) is 11.6. The molecule has 1 aliphatic rings. The third kappa shape index (κ3) is 2.44. The number of rotatable bonds is 3. The van der Waals surface area contributed by atoms with Gasteiger partial charge in [-0.1, -0.05) is 22.0 Å². The summed E-state index contributed by atoms with van der Waals surface area (Å²) in [5.41, 5.74) is 0.972. The van der Waals surface area contributed by atoms with Crippen LogP contribution in [0.5, 0.6) is 0 Å². The Morgan fingerprint density at radius 1 is 1.50 bits per heavy atom. The lowest BCUT2D eigenvalue weighted by Crippen LogP contribution is -2.30. The van der Waals surface area contributed by atoms with Crippen LogP contribution in [0, 0.1) is 11.2 Å². The van der Waals surface area contributed by atoms with E-state index in [4.69, 9.17) is 0 Å². The molecule has 1 fully saturated rings. The molecule has 1 atom stereocenters. The van der Waals surface area contributed by atoms with Gasteiger partial charge in [0.1, 0.15) is 5.82 Å². The number of benzene rings is 1. The number of aliphatic hydroxyl groups is 1. The van der Waals surface area contributed by atoms with Crippen LogP contribution in [0.2, 0.25) is 0 Å². The van der Waals surface area contributed by atoms with Crippen LogP contribution < -0.4 is 5.32 Å². The van der Waals surface area contributed by atoms with E-state index in [1.165, 1.54) is 12.1 Å². The summed E-state index contributed by atoms with van der Waals surface area (Å²) in [5.74, 6) is -0.238. The Hall–Kier alpha value is -0.450. The van der Waals surface area contributed by atoms with Crippen molar-refractivity contribution in [2.45, 2.75) is 12.8 Å². The van der Waals surface area contributed by atoms with Gasteiger partial charge in [0.2, 0.25) is 0 Å². The number of nitrogens with one attached hydrogen (secondary N) is 1. The lowest BCUT2D eigenvalue weighted by atomic mass is 9.82. The fourth-order valence-corrected chi connectivity index (χ4v) is 2.70. The molecule has 1 saturated heterocycles. The summed E-state index contributed by atoms with van der Waals surface area (Å²) in [6.45, 7) is 1.94. The summed E-state index contributed by atoms with van der Waals surface area (Å²) in [7, 11) is 0. The minimum Gasteiger partial charge on any atom is -0.396 e. The Balaban J connectivity index is 2.19. The second-order valence-corrected chi connectivity index (χ2v) is 5.35. The van der Waals surface area contributed by atoms with E-state index in [-0.39, 0.29) is 17.8 Å². The van der Waals surface area contributed by atoms with Crippen LogP contribution in [-0.4, -0.2) is 24.8 Å². The highest BCUT2D eigenvalue weighted by atomic mass is 79.9. The van der Waals surface area contributed by atoms with Gasteiger partial charge in [-0.05, 0) is 37.1 Å². The summed E-state index contributed by atoms with van der Waals surface area (Å²) in [6, 6.07) is 4.73. The lowest BCUT2D eigenvalue weighted by molar-refractivity contribution is 0.142. The van der Waals surface area contributed by atoms with Crippen LogP contribution in [0.4, 0.5) is 4.39 Å². The molecule has 88 valence electrons. The predicted molar refractivity (Wildman–Crippen MR) is 64.8 cm³/mol. The zero-order valence-electron chi connectivity index (χ0n) is 8.97. The van der Waals surface area contributed by atoms with Crippen LogP contribution >= 0.6 is 15.9 Å². The lowest BCUT2D eigenvalue weighted by Gasteiger charge is -2.26. The number of aliphatic hydroxyl groups excluding tert-OH is 1. The van der Waals surface area contributed by atoms with Crippen molar-refractivity contribution in [3.05, 3.63) is 34.1 Å². The van der Waals surface area contributed by atoms with Gasteiger partial charge in [0, 0.05) is 16.4 Å². The number of hydrogen-bond donors (Lipinski definition) is 2. The third-order valence-electron chi connectivity index (χ3n) is 3.25. The van der Waals surface area contributed by atoms with Crippen molar-refractivity contribution < 1.29 is 9.50 Å². The molecular weight excluding hydrogens is 273 g/mol. The minimum atomic E-state index is -0.238. The number of halogens is 2. The molecule has 2 rings (SSSR count). The standard InChI is InChI=1S/C12H15BrFNO/c13-11-5-10(14)2-1-9(11)6-12(8-16)3-4-15-7-12/h1-2,5,15-16H,3-4,6-8H2. The Bertz CT molecular complexity index is 377. The molecule has 16 heavy (non-hydrogen) atoms. The van der Waals surface area contributed by atoms with Crippen LogP contribution in [0.1, 0.15) is 12.0 Å². The van der Waals surface area contributed by atoms with Crippen LogP contribution in [0.3, 0.4) is 0 Å². The van der Waals surface area contributed by atoms with Gasteiger partial charge in [-0.15, -0.1) is 0 Å². The quantitative estimate of drug-likeness (QED) is 0.893. The molecule has 0 bridgehead atoms. The van der Waals surface area contributed by atoms with Gasteiger partial charge >= 0.3 is 0 Å². The van der Waals surface area contributed by atoms with Crippen molar-refractivity contribution in [3.63, 3.8) is 0 Å². The SMILES string of the molecule is OCC1(Cc2ccc(F)cc2Br)CCNC1. The molecule has 0 radical (unpaired) electrons. The van der Waals surface area contributed by atoms with Gasteiger partial charge in [-0.3, -0.25) is 0 Å². The van der Waals surface area contributed by atoms with E-state index < -0.39 is 0 Å². The van der Waals surface area contributed by atoms with Gasteiger partial charge in [-0.2, -0.15) is 0 Å². The van der Waals surface area contributed by atoms with Gasteiger partial charge < -0.3 is 10.4 Å². The van der Waals surface area contributed by atoms with Crippen LogP contribution in [0.15, 0.2) is 22.7 Å². The summed E-state index contributed by atoms with van der Waals surface area (Å²) in [4.78, 5) is 0. The summed E-state index contributed by atoms with van der Waals surface area (Å²) in [6.07, 6.45) is 1.74. The highest BCUT2D eigenvalue weighted by Crippen LogP contribution is 2.32. The molecule has 1 heterocycles. The molecular formula is C12H15BrFNO. The summed E-state index contributed by atoms with van der Waals surface area (Å²) >= 11 is 3.37. The average molecular weight is 288 g/mol. The minimum absolute atomic E-state index is 0.0830. The maximum Gasteiger partial charge on any atom is 0.124 e. The van der Waals surface area contributed by atoms with E-state index >= 15 is 0 Å². The van der Waals surface area contributed by atoms with E-state index in [0.717, 1.165) is 36.0 Å². The van der Waals surface area contributed by atoms with Crippen molar-refractivity contribution in [1.82, 2.24) is 5.32 Å². The van der Waals surface area contributed by atoms with Crippen molar-refractivity contribution in [2.24, 2.45) is 5.41 Å². The Labute approximate surface area is 103 Å². The first kappa shape index (κ1) is 12.0. The summed E-state index contributed by atoms with van der Waals surface area (Å²) in [5, 5.41) is 12.8. The predicted octanol–water partition coefficient (Wildman–Crippen LogP) is 2.10. The topological polar surface area (TPSA) is 32.3 Å². The van der Waals surface area contributed by atoms with Crippen molar-refractivity contribution in [1.29, 1.82) is 0 Å². The Kier molecular flexibility index (Phi) is 3.62. The summed E-state index contributed by atoms with van der Waals surface area (Å²) < 4.78 is 13.7. The molecule has 2 nitrogen and oxygen atoms in total. The smallest absolute Gasteiger partial charge is 0.124 e. The van der Waals surface area contributed by atoms with E-state index in [1.807, 2.05) is 0 Å². The molecule has 4 heteroatoms. The molecule has 1 aliphatic heterocycles. The Morgan fingerprint density at radius 3 is 2.88 bits per heavy atom. The van der Waals surface area contributed by atoms with Crippen molar-refractivity contribution in [2.75, 3.05) is 19.7 Å². The maximum atomic E-state index is 12.9. The first-order chi connectivity index (χ1) is 7.65. The van der Waals surface area contributed by atoms with E-state index in [0.29, 0.717) is 0 Å². The molecule has 1 aromatic rings. The van der Waals surface area contributed by atoms with Crippen molar-refractivity contribution >= 4 is 15.9 Å². The van der Waals surface area contributed by atoms with E-state index in [1.54, 1.807) is 6.07 Å². The second-order valence-electron chi connectivity index (χ2n) is 4.50. The van der Waals surface area contributed by atoms with E-state index in [2.05, 4.69) is 21.2 Å². The van der Waals surface area contributed by atoms with Crippen LogP contribution in [-0.2, 0) is 6.42 Å². The molecule has 0 amide bonds. The fourth-order valence-electron chi connectivity index (χ4n) is 2.21. The average Bonchev–Trinajstić information content (AvgIpc) is 2.72. The first-order valence-electron chi connectivity index (χ1n) is 5.41. The zero-order valence-corrected chi connectivity index (χ0v) is 10.6. The van der Waals surface area contributed by atoms with Crippen LogP contribution in [0.25, 0.3) is 0 Å². The third-order valence-corrected chi connectivity index (χ3v) is 3.99. The van der Waals surface area contributed by atoms with Crippen molar-refractivity contribution in [3.8, 4) is 0 Å². The number of hydrogen-bond acceptors (Lipinski definition) is 2. The molecule has 0 aromatic heterocycles. The fraction of sp³-hybridized carbons (Fsp3) is 0.500. The second kappa shape index (κ2) is 4.82. The van der Waals surface area contributed by atoms with E-state index in [9.17, 15) is 9.50 Å². The maximum absolute atomic E-state index is 12.9. The Morgan fingerprint density at radius 2 is 2.31 bits per heavy atom. The molecule has 0 spiro atoms. The molecule has 1 unspecified atom stereocenters. The first-order valence-corrected chi connectivity index (χ1v) is 6.20. The highest BCUT2D eigenvalue weighted by molar-refractivity contribution is 9.10. The molecule has 2 N–H and O–H groups in total. The monoisotopic (exact) mass is 287 g/mol. The highest BCUT2D eigenvalue weighted by Gasteiger charge is 2.33. The van der Waals surface area contributed by atoms with Gasteiger partial charge in [0.15, 0.2) is 0 Å². The normalized spacial score (nSPS) is 24.9.